The van der Waals surface area contributed by atoms with Gasteiger partial charge in [0.2, 0.25) is 0 Å². The third-order valence-electron chi connectivity index (χ3n) is 0.841. The first-order valence-corrected chi connectivity index (χ1v) is 3.29. The Balaban J connectivity index is 3.38. The molecular formula is C6H12N2O4. The monoisotopic (exact) mass is 176 g/mol. The summed E-state index contributed by atoms with van der Waals surface area (Å²) in [4.78, 5) is 26.7. The second kappa shape index (κ2) is 5.50. The Kier molecular flexibility index (Phi) is 4.98. The third-order valence-corrected chi connectivity index (χ3v) is 0.841. The number of nitrogens with one attached hydrogen (secondary N) is 1. The molecule has 0 heterocycles. The molecule has 0 aromatic carbocycles. The smallest absolute Gasteiger partial charge is 0.332 e. The lowest BCUT2D eigenvalue weighted by Gasteiger charge is -2.08. The van der Waals surface area contributed by atoms with Gasteiger partial charge in [0, 0.05) is 0 Å². The fourth-order valence-corrected chi connectivity index (χ4v) is 0.498. The number of hydrogen-bond donors (Lipinski definition) is 2. The summed E-state index contributed by atoms with van der Waals surface area (Å²) in [5, 5.41) is 8.12. The van der Waals surface area contributed by atoms with Gasteiger partial charge in [-0.2, -0.15) is 0 Å². The second-order valence-corrected chi connectivity index (χ2v) is 2.45. The Bertz CT molecular complexity index is 169. The molecule has 0 atom stereocenters. The number of rotatable bonds is 5. The molecule has 0 saturated heterocycles. The van der Waals surface area contributed by atoms with E-state index in [2.05, 4.69) is 4.84 Å². The van der Waals surface area contributed by atoms with E-state index in [0.29, 0.717) is 0 Å². The van der Waals surface area contributed by atoms with Crippen molar-refractivity contribution in [2.75, 3.05) is 27.2 Å². The van der Waals surface area contributed by atoms with Crippen molar-refractivity contribution < 1.29 is 19.5 Å². The normalized spacial score (nSPS) is 9.92. The number of carbonyl (C=O) groups is 2. The Morgan fingerprint density at radius 2 is 2.08 bits per heavy atom. The van der Waals surface area contributed by atoms with E-state index in [9.17, 15) is 9.59 Å². The van der Waals surface area contributed by atoms with Crippen LogP contribution in [-0.2, 0) is 14.4 Å². The highest BCUT2D eigenvalue weighted by atomic mass is 16.7. The number of carboxylic acids is 1. The van der Waals surface area contributed by atoms with Crippen LogP contribution in [0.2, 0.25) is 0 Å². The van der Waals surface area contributed by atoms with Crippen LogP contribution in [0.4, 0.5) is 0 Å². The number of likely N-dealkylation sites (N-methyl/N-ethyl adjacent to an activating group) is 1. The van der Waals surface area contributed by atoms with E-state index < -0.39 is 12.6 Å². The number of carbonyl (C=O) groups excluding carboxylic acids is 1. The first kappa shape index (κ1) is 10.9. The van der Waals surface area contributed by atoms with Gasteiger partial charge in [0.25, 0.3) is 5.91 Å². The number of amides is 1. The molecule has 0 fully saturated rings. The highest BCUT2D eigenvalue weighted by molar-refractivity contribution is 5.77. The fourth-order valence-electron chi connectivity index (χ4n) is 0.498. The van der Waals surface area contributed by atoms with Crippen LogP contribution in [0.5, 0.6) is 0 Å². The first-order chi connectivity index (χ1) is 5.52. The van der Waals surface area contributed by atoms with Gasteiger partial charge >= 0.3 is 5.97 Å². The van der Waals surface area contributed by atoms with Crippen LogP contribution in [0.15, 0.2) is 0 Å². The molecule has 2 N–H and O–H groups in total. The van der Waals surface area contributed by atoms with Crippen molar-refractivity contribution >= 4 is 11.9 Å². The fraction of sp³-hybridized carbons (Fsp3) is 0.667. The zero-order chi connectivity index (χ0) is 9.56. The number of nitrogens with zero attached hydrogens (tertiary/aromatic N) is 1. The molecule has 0 aromatic heterocycles. The SMILES string of the molecule is CN(C)CC(=O)NOCC(=O)O. The van der Waals surface area contributed by atoms with Crippen LogP contribution >= 0.6 is 0 Å². The highest BCUT2D eigenvalue weighted by Crippen LogP contribution is 1.75. The molecule has 1 amide bonds. The predicted molar refractivity (Wildman–Crippen MR) is 40.3 cm³/mol. The van der Waals surface area contributed by atoms with Gasteiger partial charge in [-0.05, 0) is 14.1 Å². The van der Waals surface area contributed by atoms with Gasteiger partial charge < -0.3 is 10.0 Å². The van der Waals surface area contributed by atoms with Crippen molar-refractivity contribution in [1.29, 1.82) is 0 Å². The van der Waals surface area contributed by atoms with E-state index in [4.69, 9.17) is 5.11 Å². The Hall–Kier alpha value is -1.14. The van der Waals surface area contributed by atoms with E-state index >= 15 is 0 Å². The molecule has 6 heteroatoms. The van der Waals surface area contributed by atoms with E-state index in [1.54, 1.807) is 19.0 Å². The standard InChI is InChI=1S/C6H12N2O4/c1-8(2)3-5(9)7-12-4-6(10)11/h3-4H2,1-2H3,(H,7,9)(H,10,11). The summed E-state index contributed by atoms with van der Waals surface area (Å²) in [6, 6.07) is 0. The van der Waals surface area contributed by atoms with Crippen LogP contribution in [0.3, 0.4) is 0 Å². The van der Waals surface area contributed by atoms with Gasteiger partial charge in [-0.1, -0.05) is 0 Å². The Labute approximate surface area is 70.1 Å². The average molecular weight is 176 g/mol. The number of carboxylic acid groups (broad SMARTS) is 1. The van der Waals surface area contributed by atoms with Crippen molar-refractivity contribution in [3.8, 4) is 0 Å². The molecule has 0 aliphatic carbocycles. The molecular weight excluding hydrogens is 164 g/mol. The molecule has 0 saturated carbocycles. The molecule has 0 radical (unpaired) electrons. The molecule has 6 nitrogen and oxygen atoms in total. The third kappa shape index (κ3) is 6.97. The summed E-state index contributed by atoms with van der Waals surface area (Å²) >= 11 is 0. The van der Waals surface area contributed by atoms with Gasteiger partial charge in [-0.3, -0.25) is 9.63 Å². The maximum atomic E-state index is 10.8. The minimum atomic E-state index is -1.12. The van der Waals surface area contributed by atoms with Crippen molar-refractivity contribution in [3.05, 3.63) is 0 Å². The maximum Gasteiger partial charge on any atom is 0.332 e. The quantitative estimate of drug-likeness (QED) is 0.508. The molecule has 0 aliphatic rings. The molecule has 0 bridgehead atoms. The highest BCUT2D eigenvalue weighted by Gasteiger charge is 2.03. The molecule has 0 unspecified atom stereocenters. The molecule has 0 aliphatic heterocycles. The number of hydrogen-bond acceptors (Lipinski definition) is 4. The van der Waals surface area contributed by atoms with E-state index in [1.165, 1.54) is 0 Å². The molecule has 70 valence electrons. The molecule has 0 spiro atoms. The predicted octanol–water partition coefficient (Wildman–Crippen LogP) is -1.32. The summed E-state index contributed by atoms with van der Waals surface area (Å²) < 4.78 is 0. The Morgan fingerprint density at radius 1 is 1.50 bits per heavy atom. The minimum absolute atomic E-state index is 0.166. The molecule has 0 aromatic rings. The zero-order valence-electron chi connectivity index (χ0n) is 7.03. The van der Waals surface area contributed by atoms with Gasteiger partial charge in [0.1, 0.15) is 0 Å². The van der Waals surface area contributed by atoms with Crippen LogP contribution < -0.4 is 5.48 Å². The average Bonchev–Trinajstić information content (AvgIpc) is 1.84. The number of hydroxylamine groups is 1. The lowest BCUT2D eigenvalue weighted by atomic mass is 10.6. The molecule has 12 heavy (non-hydrogen) atoms. The van der Waals surface area contributed by atoms with E-state index in [0.717, 1.165) is 0 Å². The summed E-state index contributed by atoms with van der Waals surface area (Å²) in [6.07, 6.45) is 0. The van der Waals surface area contributed by atoms with Gasteiger partial charge in [0.15, 0.2) is 6.61 Å². The zero-order valence-corrected chi connectivity index (χ0v) is 7.03. The van der Waals surface area contributed by atoms with Gasteiger partial charge in [-0.25, -0.2) is 10.3 Å². The van der Waals surface area contributed by atoms with Crippen LogP contribution in [0.1, 0.15) is 0 Å². The van der Waals surface area contributed by atoms with Crippen LogP contribution in [0, 0.1) is 0 Å². The Morgan fingerprint density at radius 3 is 2.50 bits per heavy atom. The van der Waals surface area contributed by atoms with Crippen LogP contribution in [-0.4, -0.2) is 49.1 Å². The summed E-state index contributed by atoms with van der Waals surface area (Å²) in [7, 11) is 3.44. The van der Waals surface area contributed by atoms with Gasteiger partial charge in [-0.15, -0.1) is 0 Å². The summed E-state index contributed by atoms with van der Waals surface area (Å²) in [5.41, 5.74) is 1.98. The lowest BCUT2D eigenvalue weighted by Crippen LogP contribution is -2.34. The van der Waals surface area contributed by atoms with E-state index in [1.807, 2.05) is 5.48 Å². The second-order valence-electron chi connectivity index (χ2n) is 2.45. The van der Waals surface area contributed by atoms with Crippen molar-refractivity contribution in [2.24, 2.45) is 0 Å². The topological polar surface area (TPSA) is 78.9 Å². The summed E-state index contributed by atoms with van der Waals surface area (Å²) in [6.45, 7) is -0.362. The first-order valence-electron chi connectivity index (χ1n) is 3.29. The molecule has 0 rings (SSSR count). The van der Waals surface area contributed by atoms with Crippen molar-refractivity contribution in [3.63, 3.8) is 0 Å². The lowest BCUT2D eigenvalue weighted by molar-refractivity contribution is -0.149. The van der Waals surface area contributed by atoms with Crippen molar-refractivity contribution in [2.45, 2.75) is 0 Å². The number of aliphatic carboxylic acids is 1. The maximum absolute atomic E-state index is 10.8. The van der Waals surface area contributed by atoms with Crippen molar-refractivity contribution in [1.82, 2.24) is 10.4 Å². The summed E-state index contributed by atoms with van der Waals surface area (Å²) in [5.74, 6) is -1.50. The van der Waals surface area contributed by atoms with Crippen LogP contribution in [0.25, 0.3) is 0 Å². The van der Waals surface area contributed by atoms with E-state index in [-0.39, 0.29) is 12.5 Å². The minimum Gasteiger partial charge on any atom is -0.479 e. The van der Waals surface area contributed by atoms with Gasteiger partial charge in [0.05, 0.1) is 6.54 Å². The largest absolute Gasteiger partial charge is 0.479 e.